The minimum atomic E-state index is -0.784. The first-order valence-electron chi connectivity index (χ1n) is 7.96. The number of likely N-dealkylation sites (N-methyl/N-ethyl adjacent to an activating group) is 1. The lowest BCUT2D eigenvalue weighted by Crippen LogP contribution is -2.48. The van der Waals surface area contributed by atoms with Gasteiger partial charge in [-0.3, -0.25) is 4.79 Å². The second kappa shape index (κ2) is 7.41. The van der Waals surface area contributed by atoms with Gasteiger partial charge in [-0.2, -0.15) is 0 Å². The number of carboxylic acid groups (broad SMARTS) is 1. The summed E-state index contributed by atoms with van der Waals surface area (Å²) in [6.07, 6.45) is 4.05. The molecule has 1 heterocycles. The number of unbranched alkanes of at least 4 members (excludes halogenated alkanes) is 1. The molecule has 20 heavy (non-hydrogen) atoms. The Morgan fingerprint density at radius 3 is 2.55 bits per heavy atom. The Morgan fingerprint density at radius 1 is 1.35 bits per heavy atom. The Labute approximate surface area is 123 Å². The number of aliphatic carboxylic acids is 1. The van der Waals surface area contributed by atoms with E-state index in [2.05, 4.69) is 31.0 Å². The summed E-state index contributed by atoms with van der Waals surface area (Å²) in [6, 6.07) is 0.654. The highest BCUT2D eigenvalue weighted by molar-refractivity contribution is 5.78. The molecular formula is C16H32N2O2. The third-order valence-electron chi connectivity index (χ3n) is 5.12. The van der Waals surface area contributed by atoms with Crippen LogP contribution in [0.2, 0.25) is 0 Å². The van der Waals surface area contributed by atoms with Crippen LogP contribution in [-0.4, -0.2) is 47.7 Å². The van der Waals surface area contributed by atoms with Crippen molar-refractivity contribution in [2.45, 2.75) is 65.0 Å². The third kappa shape index (κ3) is 4.45. The predicted molar refractivity (Wildman–Crippen MR) is 82.9 cm³/mol. The van der Waals surface area contributed by atoms with Gasteiger partial charge in [0, 0.05) is 12.6 Å². The van der Waals surface area contributed by atoms with E-state index in [1.54, 1.807) is 14.0 Å². The topological polar surface area (TPSA) is 52.6 Å². The van der Waals surface area contributed by atoms with Crippen LogP contribution in [0, 0.1) is 11.8 Å². The maximum Gasteiger partial charge on any atom is 0.323 e. The van der Waals surface area contributed by atoms with Crippen molar-refractivity contribution < 1.29 is 9.90 Å². The summed E-state index contributed by atoms with van der Waals surface area (Å²) in [4.78, 5) is 13.8. The lowest BCUT2D eigenvalue weighted by atomic mass is 9.85. The van der Waals surface area contributed by atoms with Crippen LogP contribution >= 0.6 is 0 Å². The van der Waals surface area contributed by atoms with Gasteiger partial charge in [-0.15, -0.1) is 0 Å². The molecule has 0 spiro atoms. The first-order valence-corrected chi connectivity index (χ1v) is 7.96. The Hall–Kier alpha value is -0.610. The van der Waals surface area contributed by atoms with Gasteiger partial charge in [-0.05, 0) is 65.0 Å². The number of likely N-dealkylation sites (tertiary alicyclic amines) is 1. The van der Waals surface area contributed by atoms with E-state index >= 15 is 0 Å². The van der Waals surface area contributed by atoms with E-state index in [1.165, 1.54) is 13.0 Å². The zero-order chi connectivity index (χ0) is 15.3. The van der Waals surface area contributed by atoms with E-state index in [0.29, 0.717) is 12.5 Å². The highest BCUT2D eigenvalue weighted by atomic mass is 16.4. The Bertz CT molecular complexity index is 322. The van der Waals surface area contributed by atoms with Crippen LogP contribution in [0.4, 0.5) is 0 Å². The molecule has 4 heteroatoms. The third-order valence-corrected chi connectivity index (χ3v) is 5.12. The number of hydrogen-bond acceptors (Lipinski definition) is 3. The Balaban J connectivity index is 2.35. The molecule has 4 nitrogen and oxygen atoms in total. The summed E-state index contributed by atoms with van der Waals surface area (Å²) >= 11 is 0. The van der Waals surface area contributed by atoms with Gasteiger partial charge >= 0.3 is 5.97 Å². The van der Waals surface area contributed by atoms with E-state index in [0.717, 1.165) is 31.2 Å². The highest BCUT2D eigenvalue weighted by Crippen LogP contribution is 2.27. The second-order valence-corrected chi connectivity index (χ2v) is 6.90. The molecule has 1 fully saturated rings. The maximum absolute atomic E-state index is 11.2. The summed E-state index contributed by atoms with van der Waals surface area (Å²) in [5.41, 5.74) is -0.784. The van der Waals surface area contributed by atoms with Crippen LogP contribution in [0.1, 0.15) is 53.4 Å². The van der Waals surface area contributed by atoms with Crippen LogP contribution in [0.3, 0.4) is 0 Å². The van der Waals surface area contributed by atoms with Gasteiger partial charge in [0.2, 0.25) is 0 Å². The molecule has 0 radical (unpaired) electrons. The molecule has 1 aliphatic rings. The molecule has 0 aromatic heterocycles. The fraction of sp³-hybridized carbons (Fsp3) is 0.938. The molecule has 4 unspecified atom stereocenters. The molecule has 0 bridgehead atoms. The summed E-state index contributed by atoms with van der Waals surface area (Å²) in [5, 5.41) is 12.1. The molecule has 0 aromatic carbocycles. The largest absolute Gasteiger partial charge is 0.480 e. The predicted octanol–water partition coefficient (Wildman–Crippen LogP) is 2.59. The van der Waals surface area contributed by atoms with Gasteiger partial charge < -0.3 is 15.3 Å². The van der Waals surface area contributed by atoms with Gasteiger partial charge in [0.1, 0.15) is 5.54 Å². The van der Waals surface area contributed by atoms with E-state index in [-0.39, 0.29) is 0 Å². The van der Waals surface area contributed by atoms with Crippen LogP contribution in [0.15, 0.2) is 0 Å². The normalized spacial score (nSPS) is 30.9. The van der Waals surface area contributed by atoms with Crippen molar-refractivity contribution in [1.82, 2.24) is 10.2 Å². The molecule has 1 saturated heterocycles. The standard InChI is InChI=1S/C16H32N2O2/c1-12-10-13(2)14(3)18(11-12)9-7-6-8-16(4,17-5)15(19)20/h12-14,17H,6-11H2,1-5H3,(H,19,20). The van der Waals surface area contributed by atoms with Crippen LogP contribution in [-0.2, 0) is 4.79 Å². The SMILES string of the molecule is CNC(C)(CCCCN1CC(C)CC(C)C1C)C(=O)O. The van der Waals surface area contributed by atoms with Crippen LogP contribution in [0.25, 0.3) is 0 Å². The van der Waals surface area contributed by atoms with E-state index in [1.807, 2.05) is 0 Å². The number of nitrogens with zero attached hydrogens (tertiary/aromatic N) is 1. The first kappa shape index (κ1) is 17.4. The molecule has 1 aliphatic heterocycles. The van der Waals surface area contributed by atoms with Crippen molar-refractivity contribution in [3.8, 4) is 0 Å². The van der Waals surface area contributed by atoms with Gasteiger partial charge in [0.05, 0.1) is 0 Å². The first-order chi connectivity index (χ1) is 9.30. The molecule has 0 aromatic rings. The van der Waals surface area contributed by atoms with Gasteiger partial charge in [-0.1, -0.05) is 13.8 Å². The lowest BCUT2D eigenvalue weighted by molar-refractivity contribution is -0.144. The fourth-order valence-corrected chi connectivity index (χ4v) is 3.26. The van der Waals surface area contributed by atoms with Crippen molar-refractivity contribution in [2.24, 2.45) is 11.8 Å². The fourth-order valence-electron chi connectivity index (χ4n) is 3.26. The number of nitrogens with one attached hydrogen (secondary N) is 1. The van der Waals surface area contributed by atoms with Crippen molar-refractivity contribution in [3.05, 3.63) is 0 Å². The van der Waals surface area contributed by atoms with E-state index < -0.39 is 11.5 Å². The molecule has 1 rings (SSSR count). The quantitative estimate of drug-likeness (QED) is 0.706. The number of carbonyl (C=O) groups is 1. The Kier molecular flexibility index (Phi) is 6.46. The average Bonchev–Trinajstić information content (AvgIpc) is 2.39. The summed E-state index contributed by atoms with van der Waals surface area (Å²) in [5.74, 6) is 0.789. The number of rotatable bonds is 7. The molecular weight excluding hydrogens is 252 g/mol. The molecule has 2 N–H and O–H groups in total. The Morgan fingerprint density at radius 2 is 2.00 bits per heavy atom. The van der Waals surface area contributed by atoms with Gasteiger partial charge in [0.15, 0.2) is 0 Å². The second-order valence-electron chi connectivity index (χ2n) is 6.90. The minimum Gasteiger partial charge on any atom is -0.480 e. The van der Waals surface area contributed by atoms with E-state index in [4.69, 9.17) is 0 Å². The monoisotopic (exact) mass is 284 g/mol. The molecule has 0 saturated carbocycles. The van der Waals surface area contributed by atoms with Crippen molar-refractivity contribution in [3.63, 3.8) is 0 Å². The summed E-state index contributed by atoms with van der Waals surface area (Å²) in [7, 11) is 1.73. The molecule has 4 atom stereocenters. The van der Waals surface area contributed by atoms with Gasteiger partial charge in [0.25, 0.3) is 0 Å². The molecule has 0 amide bonds. The number of hydrogen-bond donors (Lipinski definition) is 2. The minimum absolute atomic E-state index is 0.654. The van der Waals surface area contributed by atoms with Gasteiger partial charge in [-0.25, -0.2) is 0 Å². The van der Waals surface area contributed by atoms with Crippen LogP contribution < -0.4 is 5.32 Å². The smallest absolute Gasteiger partial charge is 0.323 e. The summed E-state index contributed by atoms with van der Waals surface area (Å²) in [6.45, 7) is 11.0. The number of carboxylic acids is 1. The van der Waals surface area contributed by atoms with Crippen molar-refractivity contribution in [1.29, 1.82) is 0 Å². The average molecular weight is 284 g/mol. The zero-order valence-electron chi connectivity index (χ0n) is 13.8. The van der Waals surface area contributed by atoms with Crippen molar-refractivity contribution in [2.75, 3.05) is 20.1 Å². The van der Waals surface area contributed by atoms with Crippen molar-refractivity contribution >= 4 is 5.97 Å². The molecule has 118 valence electrons. The maximum atomic E-state index is 11.2. The zero-order valence-corrected chi connectivity index (χ0v) is 13.8. The molecule has 0 aliphatic carbocycles. The van der Waals surface area contributed by atoms with E-state index in [9.17, 15) is 9.90 Å². The lowest BCUT2D eigenvalue weighted by Gasteiger charge is -2.41. The van der Waals surface area contributed by atoms with Crippen LogP contribution in [0.5, 0.6) is 0 Å². The highest BCUT2D eigenvalue weighted by Gasteiger charge is 2.31. The number of piperidine rings is 1. The summed E-state index contributed by atoms with van der Waals surface area (Å²) < 4.78 is 0.